The van der Waals surface area contributed by atoms with E-state index in [-0.39, 0.29) is 0 Å². The van der Waals surface area contributed by atoms with Crippen LogP contribution in [0.15, 0.2) is 12.7 Å². The summed E-state index contributed by atoms with van der Waals surface area (Å²) in [6, 6.07) is 0. The van der Waals surface area contributed by atoms with E-state index in [0.717, 1.165) is 12.8 Å². The fourth-order valence-electron chi connectivity index (χ4n) is 0.402. The van der Waals surface area contributed by atoms with Gasteiger partial charge >= 0.3 is 0 Å². The third kappa shape index (κ3) is 7.81. The van der Waals surface area contributed by atoms with Gasteiger partial charge in [-0.2, -0.15) is 0 Å². The molecule has 0 fully saturated rings. The molecule has 3 nitrogen and oxygen atoms in total. The van der Waals surface area contributed by atoms with Crippen molar-refractivity contribution in [3.63, 3.8) is 0 Å². The lowest BCUT2D eigenvalue weighted by Crippen LogP contribution is -2.17. The Morgan fingerprint density at radius 3 is 2.89 bits per heavy atom. The van der Waals surface area contributed by atoms with Crippen molar-refractivity contribution in [3.8, 4) is 0 Å². The van der Waals surface area contributed by atoms with E-state index in [9.17, 15) is 8.76 Å². The molecule has 0 aliphatic rings. The summed E-state index contributed by atoms with van der Waals surface area (Å²) in [6.45, 7) is 4.00. The molecule has 9 heavy (non-hydrogen) atoms. The highest BCUT2D eigenvalue weighted by molar-refractivity contribution is 7.77. The van der Waals surface area contributed by atoms with Gasteiger partial charge in [-0.05, 0) is 12.8 Å². The minimum atomic E-state index is -2.10. The monoisotopic (exact) mass is 148 g/mol. The number of unbranched alkanes of at least 4 members (excludes halogenated alkanes) is 1. The van der Waals surface area contributed by atoms with Crippen molar-refractivity contribution < 1.29 is 8.76 Å². The molecule has 0 saturated heterocycles. The maximum Gasteiger partial charge on any atom is 0.0181 e. The molecule has 1 unspecified atom stereocenters. The molecule has 0 spiro atoms. The van der Waals surface area contributed by atoms with Gasteiger partial charge < -0.3 is 4.55 Å². The van der Waals surface area contributed by atoms with Gasteiger partial charge in [0, 0.05) is 17.8 Å². The SMILES string of the molecule is C=CCCCNS(=O)[O-]. The van der Waals surface area contributed by atoms with Crippen LogP contribution in [-0.4, -0.2) is 15.3 Å². The van der Waals surface area contributed by atoms with E-state index in [1.54, 1.807) is 6.08 Å². The minimum Gasteiger partial charge on any atom is -0.760 e. The lowest BCUT2D eigenvalue weighted by molar-refractivity contribution is 0.521. The zero-order valence-electron chi connectivity index (χ0n) is 5.13. The third-order valence-corrected chi connectivity index (χ3v) is 1.24. The Bertz CT molecular complexity index is 105. The van der Waals surface area contributed by atoms with Gasteiger partial charge in [-0.25, -0.2) is 4.72 Å². The van der Waals surface area contributed by atoms with Crippen molar-refractivity contribution in [1.29, 1.82) is 0 Å². The minimum absolute atomic E-state index is 0.502. The zero-order chi connectivity index (χ0) is 7.11. The molecule has 0 aliphatic carbocycles. The molecule has 0 radical (unpaired) electrons. The lowest BCUT2D eigenvalue weighted by atomic mass is 10.3. The number of nitrogens with one attached hydrogen (secondary N) is 1. The van der Waals surface area contributed by atoms with Crippen molar-refractivity contribution in [2.45, 2.75) is 12.8 Å². The van der Waals surface area contributed by atoms with Crippen LogP contribution in [0.25, 0.3) is 0 Å². The van der Waals surface area contributed by atoms with Crippen molar-refractivity contribution in [1.82, 2.24) is 4.72 Å². The van der Waals surface area contributed by atoms with E-state index in [4.69, 9.17) is 0 Å². The largest absolute Gasteiger partial charge is 0.760 e. The van der Waals surface area contributed by atoms with Crippen molar-refractivity contribution >= 4 is 11.3 Å². The summed E-state index contributed by atoms with van der Waals surface area (Å²) in [6.07, 6.45) is 3.43. The summed E-state index contributed by atoms with van der Waals surface area (Å²) in [5, 5.41) is 0. The molecule has 1 N–H and O–H groups in total. The van der Waals surface area contributed by atoms with E-state index in [1.807, 2.05) is 0 Å². The first-order valence-electron chi connectivity index (χ1n) is 2.71. The highest BCUT2D eigenvalue weighted by Gasteiger charge is 1.81. The smallest absolute Gasteiger partial charge is 0.0181 e. The Balaban J connectivity index is 2.91. The van der Waals surface area contributed by atoms with Crippen LogP contribution in [0.4, 0.5) is 0 Å². The van der Waals surface area contributed by atoms with E-state index in [2.05, 4.69) is 11.3 Å². The molecule has 0 bridgehead atoms. The molecule has 54 valence electrons. The Kier molecular flexibility index (Phi) is 5.81. The normalized spacial score (nSPS) is 13.0. The second-order valence-electron chi connectivity index (χ2n) is 1.56. The van der Waals surface area contributed by atoms with Gasteiger partial charge in [0.05, 0.1) is 0 Å². The van der Waals surface area contributed by atoms with Gasteiger partial charge in [-0.1, -0.05) is 6.08 Å². The standard InChI is InChI=1S/C5H11NO2S/c1-2-3-4-5-6-9(7)8/h2,6H,1,3-5H2,(H,7,8)/p-1. The predicted octanol–water partition coefficient (Wildman–Crippen LogP) is 0.336. The number of hydrogen-bond donors (Lipinski definition) is 1. The first-order valence-corrected chi connectivity index (χ1v) is 3.78. The third-order valence-electron chi connectivity index (χ3n) is 0.805. The van der Waals surface area contributed by atoms with Crippen molar-refractivity contribution in [2.75, 3.05) is 6.54 Å². The molecule has 0 saturated carbocycles. The van der Waals surface area contributed by atoms with Gasteiger partial charge in [0.1, 0.15) is 0 Å². The second-order valence-corrected chi connectivity index (χ2v) is 2.32. The fourth-order valence-corrected chi connectivity index (χ4v) is 0.713. The average molecular weight is 148 g/mol. The molecule has 0 aromatic carbocycles. The molecule has 0 aromatic heterocycles. The number of rotatable bonds is 5. The molecule has 4 heteroatoms. The molecule has 1 atom stereocenters. The summed E-state index contributed by atoms with van der Waals surface area (Å²) >= 11 is -2.10. The van der Waals surface area contributed by atoms with E-state index < -0.39 is 11.3 Å². The molecule has 0 aromatic rings. The van der Waals surface area contributed by atoms with Crippen LogP contribution in [0, 0.1) is 0 Å². The van der Waals surface area contributed by atoms with Gasteiger partial charge in [0.25, 0.3) is 0 Å². The highest BCUT2D eigenvalue weighted by Crippen LogP contribution is 1.85. The molecular weight excluding hydrogens is 138 g/mol. The van der Waals surface area contributed by atoms with Crippen molar-refractivity contribution in [2.24, 2.45) is 0 Å². The summed E-state index contributed by atoms with van der Waals surface area (Å²) in [4.78, 5) is 0. The average Bonchev–Trinajstić information content (AvgIpc) is 1.80. The Morgan fingerprint density at radius 1 is 1.78 bits per heavy atom. The summed E-state index contributed by atoms with van der Waals surface area (Å²) < 4.78 is 21.9. The molecule has 0 aliphatic heterocycles. The first kappa shape index (κ1) is 8.81. The van der Waals surface area contributed by atoms with Gasteiger partial charge in [-0.15, -0.1) is 6.58 Å². The van der Waals surface area contributed by atoms with E-state index in [0.29, 0.717) is 6.54 Å². The first-order chi connectivity index (χ1) is 4.27. The Morgan fingerprint density at radius 2 is 2.44 bits per heavy atom. The van der Waals surface area contributed by atoms with Crippen LogP contribution in [0.1, 0.15) is 12.8 Å². The quantitative estimate of drug-likeness (QED) is 0.347. The topological polar surface area (TPSA) is 52.2 Å². The highest BCUT2D eigenvalue weighted by atomic mass is 32.2. The van der Waals surface area contributed by atoms with Gasteiger partial charge in [0.15, 0.2) is 0 Å². The van der Waals surface area contributed by atoms with Crippen LogP contribution in [0.3, 0.4) is 0 Å². The lowest BCUT2D eigenvalue weighted by Gasteiger charge is -2.04. The maximum atomic E-state index is 9.83. The van der Waals surface area contributed by atoms with Gasteiger partial charge in [-0.3, -0.25) is 4.21 Å². The second kappa shape index (κ2) is 5.94. The number of allylic oxidation sites excluding steroid dienone is 1. The summed E-state index contributed by atoms with van der Waals surface area (Å²) in [5.41, 5.74) is 0. The molecule has 0 amide bonds. The van der Waals surface area contributed by atoms with Crippen LogP contribution < -0.4 is 4.72 Å². The Labute approximate surface area is 57.6 Å². The fraction of sp³-hybridized carbons (Fsp3) is 0.600. The zero-order valence-corrected chi connectivity index (χ0v) is 5.95. The van der Waals surface area contributed by atoms with Crippen LogP contribution in [-0.2, 0) is 11.3 Å². The van der Waals surface area contributed by atoms with Crippen LogP contribution >= 0.6 is 0 Å². The predicted molar refractivity (Wildman–Crippen MR) is 36.4 cm³/mol. The van der Waals surface area contributed by atoms with Crippen LogP contribution in [0.5, 0.6) is 0 Å². The van der Waals surface area contributed by atoms with Gasteiger partial charge in [0.2, 0.25) is 0 Å². The van der Waals surface area contributed by atoms with Crippen molar-refractivity contribution in [3.05, 3.63) is 12.7 Å². The molecule has 0 rings (SSSR count). The summed E-state index contributed by atoms with van der Waals surface area (Å²) in [7, 11) is 0. The molecular formula is C5H10NO2S-. The van der Waals surface area contributed by atoms with E-state index >= 15 is 0 Å². The molecule has 0 heterocycles. The Hall–Kier alpha value is -0.190. The van der Waals surface area contributed by atoms with E-state index in [1.165, 1.54) is 0 Å². The number of hydrogen-bond acceptors (Lipinski definition) is 2. The van der Waals surface area contributed by atoms with Crippen LogP contribution in [0.2, 0.25) is 0 Å². The summed E-state index contributed by atoms with van der Waals surface area (Å²) in [5.74, 6) is 0. The maximum absolute atomic E-state index is 9.83.